The molecular formula is C43H64N2O5. The molecular weight excluding hydrogens is 624 g/mol. The Morgan fingerprint density at radius 3 is 2.36 bits per heavy atom. The van der Waals surface area contributed by atoms with E-state index in [0.717, 1.165) is 56.3 Å². The monoisotopic (exact) mass is 688 g/mol. The van der Waals surface area contributed by atoms with Gasteiger partial charge in [0.2, 0.25) is 0 Å². The van der Waals surface area contributed by atoms with Gasteiger partial charge in [-0.15, -0.1) is 0 Å². The Morgan fingerprint density at radius 2 is 1.70 bits per heavy atom. The SMILES string of the molecule is CC(C)C1=C2C3CCC4C(C)(CCC5C(C)(C)C(OC(=O)CC(C)(C)C(=O)O)CCC54C)C3CCC2(CCNC(C)c2ccccn2)CC1=O. The van der Waals surface area contributed by atoms with Gasteiger partial charge in [0, 0.05) is 29.5 Å². The molecule has 7 heteroatoms. The molecule has 9 atom stereocenters. The van der Waals surface area contributed by atoms with E-state index < -0.39 is 17.4 Å². The molecule has 0 aromatic carbocycles. The number of carboxylic acids is 1. The number of nitrogens with one attached hydrogen (secondary N) is 1. The lowest BCUT2D eigenvalue weighted by atomic mass is 9.36. The van der Waals surface area contributed by atoms with Crippen molar-refractivity contribution in [1.82, 2.24) is 10.3 Å². The van der Waals surface area contributed by atoms with Crippen LogP contribution >= 0.6 is 0 Å². The van der Waals surface area contributed by atoms with E-state index in [0.29, 0.717) is 35.9 Å². The van der Waals surface area contributed by atoms with Gasteiger partial charge in [-0.3, -0.25) is 19.4 Å². The molecule has 1 heterocycles. The van der Waals surface area contributed by atoms with Crippen molar-refractivity contribution in [2.45, 2.75) is 145 Å². The summed E-state index contributed by atoms with van der Waals surface area (Å²) < 4.78 is 6.16. The van der Waals surface area contributed by atoms with Crippen LogP contribution in [0.3, 0.4) is 0 Å². The molecule has 50 heavy (non-hydrogen) atoms. The van der Waals surface area contributed by atoms with Crippen LogP contribution in [0.15, 0.2) is 35.5 Å². The number of esters is 1. The van der Waals surface area contributed by atoms with Crippen molar-refractivity contribution in [1.29, 1.82) is 0 Å². The predicted octanol–water partition coefficient (Wildman–Crippen LogP) is 9.13. The second kappa shape index (κ2) is 13.1. The molecule has 2 N–H and O–H groups in total. The molecule has 1 aromatic heterocycles. The molecule has 4 fully saturated rings. The maximum absolute atomic E-state index is 13.9. The molecule has 5 aliphatic carbocycles. The molecule has 276 valence electrons. The minimum Gasteiger partial charge on any atom is -0.481 e. The molecule has 0 spiro atoms. The molecule has 0 bridgehead atoms. The fourth-order valence-corrected chi connectivity index (χ4v) is 12.8. The van der Waals surface area contributed by atoms with E-state index in [2.05, 4.69) is 64.8 Å². The summed E-state index contributed by atoms with van der Waals surface area (Å²) in [6.07, 6.45) is 12.0. The lowest BCUT2D eigenvalue weighted by molar-refractivity contribution is -0.213. The van der Waals surface area contributed by atoms with E-state index in [1.54, 1.807) is 19.4 Å². The zero-order chi connectivity index (χ0) is 36.4. The number of pyridine rings is 1. The lowest BCUT2D eigenvalue weighted by Gasteiger charge is -2.69. The molecule has 1 aromatic rings. The van der Waals surface area contributed by atoms with Gasteiger partial charge in [-0.25, -0.2) is 0 Å². The first-order valence-electron chi connectivity index (χ1n) is 19.7. The highest BCUT2D eigenvalue weighted by Gasteiger charge is 2.66. The fourth-order valence-electron chi connectivity index (χ4n) is 12.8. The number of hydrogen-bond acceptors (Lipinski definition) is 6. The van der Waals surface area contributed by atoms with Gasteiger partial charge < -0.3 is 15.2 Å². The molecule has 7 nitrogen and oxygen atoms in total. The van der Waals surface area contributed by atoms with Gasteiger partial charge in [0.1, 0.15) is 6.10 Å². The molecule has 0 aliphatic heterocycles. The third kappa shape index (κ3) is 6.09. The maximum atomic E-state index is 13.9. The minimum absolute atomic E-state index is 0.0296. The number of Topliss-reactive ketones (excluding diaryl/α,β-unsaturated/α-hetero) is 1. The Hall–Kier alpha value is -2.54. The van der Waals surface area contributed by atoms with Crippen molar-refractivity contribution >= 4 is 17.7 Å². The highest BCUT2D eigenvalue weighted by molar-refractivity contribution is 6.00. The zero-order valence-corrected chi connectivity index (χ0v) is 32.4. The van der Waals surface area contributed by atoms with Crippen LogP contribution in [0.2, 0.25) is 0 Å². The summed E-state index contributed by atoms with van der Waals surface area (Å²) in [7, 11) is 0. The molecule has 9 unspecified atom stereocenters. The lowest BCUT2D eigenvalue weighted by Crippen LogP contribution is -2.63. The predicted molar refractivity (Wildman–Crippen MR) is 196 cm³/mol. The smallest absolute Gasteiger partial charge is 0.309 e. The number of carboxylic acid groups (broad SMARTS) is 1. The van der Waals surface area contributed by atoms with Gasteiger partial charge in [0.05, 0.1) is 17.5 Å². The number of hydrogen-bond donors (Lipinski definition) is 2. The largest absolute Gasteiger partial charge is 0.481 e. The molecule has 0 amide bonds. The summed E-state index contributed by atoms with van der Waals surface area (Å²) >= 11 is 0. The van der Waals surface area contributed by atoms with Crippen molar-refractivity contribution in [2.75, 3.05) is 6.54 Å². The number of aliphatic carboxylic acids is 1. The Bertz CT molecular complexity index is 1510. The van der Waals surface area contributed by atoms with Crippen LogP contribution in [0.25, 0.3) is 0 Å². The molecule has 6 rings (SSSR count). The van der Waals surface area contributed by atoms with E-state index >= 15 is 0 Å². The summed E-state index contributed by atoms with van der Waals surface area (Å²) in [5, 5.41) is 13.3. The number of ketones is 1. The quantitative estimate of drug-likeness (QED) is 0.236. The van der Waals surface area contributed by atoms with Gasteiger partial charge in [-0.05, 0) is 143 Å². The third-order valence-electron chi connectivity index (χ3n) is 15.3. The van der Waals surface area contributed by atoms with E-state index in [9.17, 15) is 19.5 Å². The van der Waals surface area contributed by atoms with Gasteiger partial charge in [-0.2, -0.15) is 0 Å². The van der Waals surface area contributed by atoms with Crippen molar-refractivity contribution < 1.29 is 24.2 Å². The van der Waals surface area contributed by atoms with Crippen LogP contribution in [-0.4, -0.2) is 40.5 Å². The average molecular weight is 689 g/mol. The van der Waals surface area contributed by atoms with Crippen LogP contribution in [0.4, 0.5) is 0 Å². The van der Waals surface area contributed by atoms with Gasteiger partial charge >= 0.3 is 11.9 Å². The molecule has 0 saturated heterocycles. The topological polar surface area (TPSA) is 106 Å². The highest BCUT2D eigenvalue weighted by atomic mass is 16.5. The summed E-state index contributed by atoms with van der Waals surface area (Å²) in [5.74, 6) is 1.35. The van der Waals surface area contributed by atoms with Crippen LogP contribution in [0.1, 0.15) is 145 Å². The maximum Gasteiger partial charge on any atom is 0.309 e. The normalized spacial score (nSPS) is 37.0. The Labute approximate surface area is 301 Å². The second-order valence-electron chi connectivity index (χ2n) is 19.2. The number of allylic oxidation sites excluding steroid dienone is 2. The van der Waals surface area contributed by atoms with Crippen LogP contribution in [-0.2, 0) is 19.1 Å². The summed E-state index contributed by atoms with van der Waals surface area (Å²) in [5.41, 5.74) is 2.75. The van der Waals surface area contributed by atoms with E-state index in [4.69, 9.17) is 4.74 Å². The standard InChI is InChI=1S/C43H64N2O5/c1-26(2)36-31(46)24-43(21-23-44-27(3)30-12-10-11-22-45-30)20-15-29-28(37(36)43)13-14-33-41(29,8)18-16-32-40(6,7)34(17-19-42(32,33)9)50-35(47)25-39(4,5)38(48)49/h10-12,22,26-29,32-34,44H,13-21,23-25H2,1-9H3,(H,48,49). The second-order valence-corrected chi connectivity index (χ2v) is 19.2. The third-order valence-corrected chi connectivity index (χ3v) is 15.3. The van der Waals surface area contributed by atoms with Crippen LogP contribution < -0.4 is 5.32 Å². The van der Waals surface area contributed by atoms with Crippen molar-refractivity contribution in [3.05, 3.63) is 41.2 Å². The van der Waals surface area contributed by atoms with Crippen LogP contribution in [0.5, 0.6) is 0 Å². The number of nitrogens with zero attached hydrogens (tertiary/aromatic N) is 1. The Balaban J connectivity index is 1.22. The number of ether oxygens (including phenoxy) is 1. The van der Waals surface area contributed by atoms with Gasteiger partial charge in [0.25, 0.3) is 0 Å². The fraction of sp³-hybridized carbons (Fsp3) is 0.767. The summed E-state index contributed by atoms with van der Waals surface area (Å²) in [6.45, 7) is 20.5. The molecule has 4 saturated carbocycles. The van der Waals surface area contributed by atoms with Crippen molar-refractivity contribution in [3.8, 4) is 0 Å². The first kappa shape index (κ1) is 37.2. The number of carbonyl (C=O) groups excluding carboxylic acids is 2. The number of carbonyl (C=O) groups is 3. The number of rotatable bonds is 10. The number of fused-ring (bicyclic) bond motifs is 7. The van der Waals surface area contributed by atoms with E-state index in [1.165, 1.54) is 19.3 Å². The van der Waals surface area contributed by atoms with E-state index in [1.807, 2.05) is 18.3 Å². The first-order chi connectivity index (χ1) is 23.4. The van der Waals surface area contributed by atoms with Crippen molar-refractivity contribution in [3.63, 3.8) is 0 Å². The van der Waals surface area contributed by atoms with Gasteiger partial charge in [-0.1, -0.05) is 53.2 Å². The summed E-state index contributed by atoms with van der Waals surface area (Å²) in [4.78, 5) is 43.2. The Kier molecular flexibility index (Phi) is 9.79. The van der Waals surface area contributed by atoms with Crippen LogP contribution in [0, 0.1) is 56.7 Å². The average Bonchev–Trinajstić information content (AvgIpc) is 3.34. The van der Waals surface area contributed by atoms with Gasteiger partial charge in [0.15, 0.2) is 5.78 Å². The first-order valence-corrected chi connectivity index (χ1v) is 19.7. The number of aromatic nitrogens is 1. The Morgan fingerprint density at radius 1 is 0.980 bits per heavy atom. The van der Waals surface area contributed by atoms with Crippen molar-refractivity contribution in [2.24, 2.45) is 56.7 Å². The minimum atomic E-state index is -1.14. The summed E-state index contributed by atoms with van der Waals surface area (Å²) in [6, 6.07) is 6.26. The zero-order valence-electron chi connectivity index (χ0n) is 32.4. The highest BCUT2D eigenvalue weighted by Crippen LogP contribution is 2.73. The molecule has 5 aliphatic rings. The molecule has 0 radical (unpaired) electrons. The van der Waals surface area contributed by atoms with E-state index in [-0.39, 0.29) is 46.1 Å².